The van der Waals surface area contributed by atoms with E-state index < -0.39 is 0 Å². The number of ether oxygens (including phenoxy) is 1. The van der Waals surface area contributed by atoms with E-state index >= 15 is 0 Å². The van der Waals surface area contributed by atoms with Crippen LogP contribution in [0.3, 0.4) is 0 Å². The van der Waals surface area contributed by atoms with Crippen LogP contribution in [0.4, 0.5) is 4.39 Å². The van der Waals surface area contributed by atoms with Crippen LogP contribution >= 0.6 is 23.1 Å². The molecule has 31 heavy (non-hydrogen) atoms. The number of hydrogen-bond acceptors (Lipinski definition) is 5. The highest BCUT2D eigenvalue weighted by Gasteiger charge is 2.22. The molecule has 1 aliphatic rings. The highest BCUT2D eigenvalue weighted by molar-refractivity contribution is 7.99. The molecule has 2 aromatic carbocycles. The fourth-order valence-corrected chi connectivity index (χ4v) is 6.04. The predicted octanol–water partition coefficient (Wildman–Crippen LogP) is 5.64. The molecule has 0 bridgehead atoms. The summed E-state index contributed by atoms with van der Waals surface area (Å²) in [5, 5.41) is 1.46. The zero-order chi connectivity index (χ0) is 21.2. The number of halogens is 1. The van der Waals surface area contributed by atoms with Crippen molar-refractivity contribution in [3.05, 3.63) is 81.2 Å². The van der Waals surface area contributed by atoms with Crippen molar-refractivity contribution in [2.24, 2.45) is 0 Å². The molecule has 2 aromatic heterocycles. The molecule has 0 saturated heterocycles. The molecule has 4 aromatic rings. The molecule has 0 spiro atoms. The van der Waals surface area contributed by atoms with Crippen LogP contribution in [0, 0.1) is 5.82 Å². The second kappa shape index (κ2) is 8.85. The molecule has 5 rings (SSSR count). The van der Waals surface area contributed by atoms with Gasteiger partial charge in [0.2, 0.25) is 0 Å². The van der Waals surface area contributed by atoms with Crippen molar-refractivity contribution in [3.63, 3.8) is 0 Å². The Balaban J connectivity index is 1.47. The van der Waals surface area contributed by atoms with E-state index in [2.05, 4.69) is 0 Å². The number of aromatic nitrogens is 2. The lowest BCUT2D eigenvalue weighted by atomic mass is 9.97. The Morgan fingerprint density at radius 3 is 2.65 bits per heavy atom. The van der Waals surface area contributed by atoms with Gasteiger partial charge in [0.15, 0.2) is 5.16 Å². The summed E-state index contributed by atoms with van der Waals surface area (Å²) in [6, 6.07) is 15.7. The van der Waals surface area contributed by atoms with E-state index in [-0.39, 0.29) is 11.4 Å². The summed E-state index contributed by atoms with van der Waals surface area (Å²) in [6.07, 6.45) is 4.30. The average Bonchev–Trinajstić information content (AvgIpc) is 3.17. The zero-order valence-corrected chi connectivity index (χ0v) is 18.5. The second-order valence-electron chi connectivity index (χ2n) is 7.41. The summed E-state index contributed by atoms with van der Waals surface area (Å²) in [4.78, 5) is 20.7. The first-order chi connectivity index (χ1) is 15.2. The molecular weight excluding hydrogens is 431 g/mol. The van der Waals surface area contributed by atoms with Crippen molar-refractivity contribution in [2.75, 3.05) is 12.4 Å². The van der Waals surface area contributed by atoms with Gasteiger partial charge in [-0.3, -0.25) is 9.36 Å². The summed E-state index contributed by atoms with van der Waals surface area (Å²) >= 11 is 3.16. The third-order valence-electron chi connectivity index (χ3n) is 5.37. The van der Waals surface area contributed by atoms with Gasteiger partial charge in [0, 0.05) is 10.6 Å². The molecule has 0 fully saturated rings. The summed E-state index contributed by atoms with van der Waals surface area (Å²) in [6.45, 7) is 0.430. The Morgan fingerprint density at radius 2 is 1.84 bits per heavy atom. The lowest BCUT2D eigenvalue weighted by Gasteiger charge is -2.14. The Bertz CT molecular complexity index is 1270. The second-order valence-corrected chi connectivity index (χ2v) is 9.56. The minimum atomic E-state index is -0.287. The topological polar surface area (TPSA) is 44.1 Å². The monoisotopic (exact) mass is 452 g/mol. The van der Waals surface area contributed by atoms with Crippen molar-refractivity contribution in [3.8, 4) is 11.4 Å². The molecule has 7 heteroatoms. The van der Waals surface area contributed by atoms with Gasteiger partial charge in [-0.1, -0.05) is 30.0 Å². The van der Waals surface area contributed by atoms with Crippen LogP contribution in [0.5, 0.6) is 5.75 Å². The van der Waals surface area contributed by atoms with Gasteiger partial charge < -0.3 is 4.74 Å². The van der Waals surface area contributed by atoms with E-state index in [0.717, 1.165) is 35.2 Å². The maximum Gasteiger partial charge on any atom is 0.267 e. The zero-order valence-electron chi connectivity index (χ0n) is 16.8. The summed E-state index contributed by atoms with van der Waals surface area (Å²) in [7, 11) is 0. The first kappa shape index (κ1) is 20.3. The van der Waals surface area contributed by atoms with E-state index in [4.69, 9.17) is 9.72 Å². The highest BCUT2D eigenvalue weighted by atomic mass is 32.2. The van der Waals surface area contributed by atoms with Gasteiger partial charge in [-0.25, -0.2) is 9.37 Å². The molecule has 1 aliphatic carbocycles. The number of thiophene rings is 1. The lowest BCUT2D eigenvalue weighted by molar-refractivity contribution is 0.343. The molecule has 0 aliphatic heterocycles. The molecular formula is C24H21FN2O2S2. The van der Waals surface area contributed by atoms with E-state index in [1.807, 2.05) is 30.3 Å². The van der Waals surface area contributed by atoms with Gasteiger partial charge in [-0.05, 0) is 67.6 Å². The first-order valence-electron chi connectivity index (χ1n) is 10.3. The fourth-order valence-electron chi connectivity index (χ4n) is 3.91. The van der Waals surface area contributed by atoms with Crippen LogP contribution < -0.4 is 10.3 Å². The maximum atomic E-state index is 13.6. The molecule has 0 N–H and O–H groups in total. The Morgan fingerprint density at radius 1 is 1.06 bits per heavy atom. The molecule has 0 radical (unpaired) electrons. The molecule has 0 unspecified atom stereocenters. The minimum absolute atomic E-state index is 0.0116. The smallest absolute Gasteiger partial charge is 0.267 e. The number of hydrogen-bond donors (Lipinski definition) is 0. The third-order valence-corrected chi connectivity index (χ3v) is 7.46. The predicted molar refractivity (Wildman–Crippen MR) is 124 cm³/mol. The number of thioether (sulfide) groups is 1. The van der Waals surface area contributed by atoms with Gasteiger partial charge >= 0.3 is 0 Å². The summed E-state index contributed by atoms with van der Waals surface area (Å²) in [5.74, 6) is 0.953. The van der Waals surface area contributed by atoms with Crippen LogP contribution in [0.15, 0.2) is 64.5 Å². The lowest BCUT2D eigenvalue weighted by Crippen LogP contribution is -2.22. The SMILES string of the molecule is O=c1c2c3c(sc2nc(SCCOc2ccc(F)cc2)n1-c1ccccc1)CCCC3. The van der Waals surface area contributed by atoms with Gasteiger partial charge in [0.05, 0.1) is 17.7 Å². The highest BCUT2D eigenvalue weighted by Crippen LogP contribution is 2.35. The number of fused-ring (bicyclic) bond motifs is 3. The standard InChI is InChI=1S/C24H21FN2O2S2/c25-16-10-12-18(13-11-16)29-14-15-30-24-26-22-21(19-8-4-5-9-20(19)31-22)23(28)27(24)17-6-2-1-3-7-17/h1-3,6-7,10-13H,4-5,8-9,14-15H2. The van der Waals surface area contributed by atoms with Crippen molar-refractivity contribution >= 4 is 33.3 Å². The van der Waals surface area contributed by atoms with Gasteiger partial charge in [-0.2, -0.15) is 0 Å². The van der Waals surface area contributed by atoms with E-state index in [1.165, 1.54) is 40.8 Å². The minimum Gasteiger partial charge on any atom is -0.493 e. The largest absolute Gasteiger partial charge is 0.493 e. The fraction of sp³-hybridized carbons (Fsp3) is 0.250. The van der Waals surface area contributed by atoms with Crippen LogP contribution in [-0.4, -0.2) is 21.9 Å². The van der Waals surface area contributed by atoms with Crippen molar-refractivity contribution in [1.82, 2.24) is 9.55 Å². The van der Waals surface area contributed by atoms with Crippen LogP contribution in [0.25, 0.3) is 15.9 Å². The number of aryl methyl sites for hydroxylation is 2. The molecule has 0 amide bonds. The molecule has 0 saturated carbocycles. The third kappa shape index (κ3) is 4.12. The first-order valence-corrected chi connectivity index (χ1v) is 12.1. The molecule has 158 valence electrons. The average molecular weight is 453 g/mol. The van der Waals surface area contributed by atoms with E-state index in [0.29, 0.717) is 23.3 Å². The quantitative estimate of drug-likeness (QED) is 0.216. The van der Waals surface area contributed by atoms with Crippen molar-refractivity contribution < 1.29 is 9.13 Å². The summed E-state index contributed by atoms with van der Waals surface area (Å²) < 4.78 is 20.5. The van der Waals surface area contributed by atoms with Crippen molar-refractivity contribution in [2.45, 2.75) is 30.8 Å². The van der Waals surface area contributed by atoms with Gasteiger partial charge in [0.25, 0.3) is 5.56 Å². The maximum absolute atomic E-state index is 13.6. The number of para-hydroxylation sites is 1. The number of rotatable bonds is 6. The van der Waals surface area contributed by atoms with Crippen LogP contribution in [0.2, 0.25) is 0 Å². The Kier molecular flexibility index (Phi) is 5.78. The van der Waals surface area contributed by atoms with E-state index in [1.54, 1.807) is 28.0 Å². The van der Waals surface area contributed by atoms with Gasteiger partial charge in [0.1, 0.15) is 16.4 Å². The normalized spacial score (nSPS) is 13.3. The molecule has 2 heterocycles. The Labute approximate surface area is 187 Å². The van der Waals surface area contributed by atoms with E-state index in [9.17, 15) is 9.18 Å². The number of benzene rings is 2. The molecule has 0 atom stereocenters. The Hall–Kier alpha value is -2.64. The van der Waals surface area contributed by atoms with Crippen molar-refractivity contribution in [1.29, 1.82) is 0 Å². The van der Waals surface area contributed by atoms with Gasteiger partial charge in [-0.15, -0.1) is 11.3 Å². The molecule has 4 nitrogen and oxygen atoms in total. The summed E-state index contributed by atoms with van der Waals surface area (Å²) in [5.41, 5.74) is 2.03. The van der Waals surface area contributed by atoms with Crippen LogP contribution in [0.1, 0.15) is 23.3 Å². The van der Waals surface area contributed by atoms with Crippen LogP contribution in [-0.2, 0) is 12.8 Å². The number of nitrogens with zero attached hydrogens (tertiary/aromatic N) is 2.